The highest BCUT2D eigenvalue weighted by molar-refractivity contribution is 7.89. The molecule has 1 fully saturated rings. The number of sulfonamides is 1. The minimum Gasteiger partial charge on any atom is -0.337 e. The molecule has 0 radical (unpaired) electrons. The SMILES string of the molecule is Cc1cc(-c2nc(C(=O)N3CCCC3)sc2-c2ccc(S(N)(=O)=O)cc2)ccc1Cl. The van der Waals surface area contributed by atoms with Gasteiger partial charge in [-0.2, -0.15) is 0 Å². The number of thiazole rings is 1. The van der Waals surface area contributed by atoms with Crippen molar-refractivity contribution < 1.29 is 13.2 Å². The zero-order valence-corrected chi connectivity index (χ0v) is 18.6. The van der Waals surface area contributed by atoms with Crippen molar-refractivity contribution in [2.75, 3.05) is 13.1 Å². The lowest BCUT2D eigenvalue weighted by atomic mass is 10.0. The lowest BCUT2D eigenvalue weighted by Gasteiger charge is -2.12. The van der Waals surface area contributed by atoms with Crippen molar-refractivity contribution in [3.05, 3.63) is 58.1 Å². The van der Waals surface area contributed by atoms with Crippen LogP contribution in [0.4, 0.5) is 0 Å². The number of carbonyl (C=O) groups is 1. The highest BCUT2D eigenvalue weighted by Crippen LogP contribution is 2.38. The lowest BCUT2D eigenvalue weighted by Crippen LogP contribution is -2.27. The molecule has 4 rings (SSSR count). The zero-order chi connectivity index (χ0) is 21.5. The molecular weight excluding hydrogens is 442 g/mol. The molecule has 1 amide bonds. The Bertz CT molecular complexity index is 1210. The van der Waals surface area contributed by atoms with Gasteiger partial charge in [-0.15, -0.1) is 11.3 Å². The van der Waals surface area contributed by atoms with E-state index >= 15 is 0 Å². The molecule has 2 heterocycles. The Morgan fingerprint density at radius 2 is 1.73 bits per heavy atom. The van der Waals surface area contributed by atoms with Gasteiger partial charge in [0, 0.05) is 23.7 Å². The van der Waals surface area contributed by atoms with Gasteiger partial charge < -0.3 is 4.90 Å². The van der Waals surface area contributed by atoms with E-state index in [1.807, 2.05) is 24.0 Å². The third-order valence-electron chi connectivity index (χ3n) is 5.08. The van der Waals surface area contributed by atoms with Crippen LogP contribution in [0.1, 0.15) is 28.2 Å². The highest BCUT2D eigenvalue weighted by Gasteiger charge is 2.25. The highest BCUT2D eigenvalue weighted by atomic mass is 35.5. The van der Waals surface area contributed by atoms with E-state index in [0.717, 1.165) is 47.5 Å². The van der Waals surface area contributed by atoms with Gasteiger partial charge in [0.2, 0.25) is 10.0 Å². The third kappa shape index (κ3) is 4.13. The Labute approximate surface area is 184 Å². The number of amides is 1. The van der Waals surface area contributed by atoms with Crippen molar-refractivity contribution in [1.82, 2.24) is 9.88 Å². The fourth-order valence-corrected chi connectivity index (χ4v) is 5.14. The molecule has 0 saturated carbocycles. The summed E-state index contributed by atoms with van der Waals surface area (Å²) in [5, 5.41) is 6.29. The Kier molecular flexibility index (Phi) is 5.67. The second-order valence-corrected chi connectivity index (χ2v) is 10.2. The van der Waals surface area contributed by atoms with Crippen LogP contribution < -0.4 is 5.14 Å². The van der Waals surface area contributed by atoms with Crippen LogP contribution in [0.15, 0.2) is 47.4 Å². The first-order valence-corrected chi connectivity index (χ1v) is 12.2. The Morgan fingerprint density at radius 1 is 1.10 bits per heavy atom. The number of benzene rings is 2. The Hall–Kier alpha value is -2.26. The van der Waals surface area contributed by atoms with Crippen molar-refractivity contribution in [3.8, 4) is 21.7 Å². The first kappa shape index (κ1) is 21.0. The molecule has 6 nitrogen and oxygen atoms in total. The fraction of sp³-hybridized carbons (Fsp3) is 0.238. The van der Waals surface area contributed by atoms with E-state index in [2.05, 4.69) is 4.98 Å². The topological polar surface area (TPSA) is 93.4 Å². The molecule has 0 aliphatic carbocycles. The number of carbonyl (C=O) groups excluding carboxylic acids is 1. The standard InChI is InChI=1S/C21H20ClN3O3S2/c1-13-12-15(6-9-17(13)22)18-19(14-4-7-16(8-5-14)30(23,27)28)29-20(24-18)21(26)25-10-2-3-11-25/h4-9,12H,2-3,10-11H2,1H3,(H2,23,27,28). The molecule has 1 aliphatic heterocycles. The number of hydrogen-bond donors (Lipinski definition) is 1. The van der Waals surface area contributed by atoms with Crippen LogP contribution in [0.25, 0.3) is 21.7 Å². The van der Waals surface area contributed by atoms with Gasteiger partial charge in [0.15, 0.2) is 5.01 Å². The second-order valence-electron chi connectivity index (χ2n) is 7.23. The first-order valence-electron chi connectivity index (χ1n) is 9.44. The van der Waals surface area contributed by atoms with E-state index in [0.29, 0.717) is 15.7 Å². The number of aryl methyl sites for hydroxylation is 1. The number of aromatic nitrogens is 1. The van der Waals surface area contributed by atoms with Gasteiger partial charge in [-0.3, -0.25) is 4.79 Å². The molecule has 0 spiro atoms. The quantitative estimate of drug-likeness (QED) is 0.626. The zero-order valence-electron chi connectivity index (χ0n) is 16.3. The number of nitrogens with zero attached hydrogens (tertiary/aromatic N) is 2. The van der Waals surface area contributed by atoms with Crippen LogP contribution in [0.5, 0.6) is 0 Å². The summed E-state index contributed by atoms with van der Waals surface area (Å²) in [6, 6.07) is 11.9. The monoisotopic (exact) mass is 461 g/mol. The van der Waals surface area contributed by atoms with Gasteiger partial charge in [0.1, 0.15) is 0 Å². The third-order valence-corrected chi connectivity index (χ3v) is 7.53. The maximum Gasteiger partial charge on any atom is 0.282 e. The summed E-state index contributed by atoms with van der Waals surface area (Å²) < 4.78 is 23.2. The van der Waals surface area contributed by atoms with Gasteiger partial charge in [-0.1, -0.05) is 29.8 Å². The minimum absolute atomic E-state index is 0.0352. The average Bonchev–Trinajstić information content (AvgIpc) is 3.39. The second kappa shape index (κ2) is 8.11. The van der Waals surface area contributed by atoms with E-state index in [9.17, 15) is 13.2 Å². The Balaban J connectivity index is 1.82. The van der Waals surface area contributed by atoms with Gasteiger partial charge in [-0.05, 0) is 55.2 Å². The lowest BCUT2D eigenvalue weighted by molar-refractivity contribution is 0.0792. The van der Waals surface area contributed by atoms with Crippen molar-refractivity contribution in [2.45, 2.75) is 24.7 Å². The molecule has 1 aromatic heterocycles. The average molecular weight is 462 g/mol. The summed E-state index contributed by atoms with van der Waals surface area (Å²) in [6.07, 6.45) is 2.00. The summed E-state index contributed by atoms with van der Waals surface area (Å²) in [5.41, 5.74) is 3.19. The summed E-state index contributed by atoms with van der Waals surface area (Å²) in [6.45, 7) is 3.40. The van der Waals surface area contributed by atoms with Crippen LogP contribution >= 0.6 is 22.9 Å². The van der Waals surface area contributed by atoms with Gasteiger partial charge in [0.25, 0.3) is 5.91 Å². The molecule has 0 bridgehead atoms. The molecule has 2 N–H and O–H groups in total. The first-order chi connectivity index (χ1) is 14.2. The largest absolute Gasteiger partial charge is 0.337 e. The molecule has 3 aromatic rings. The molecule has 9 heteroatoms. The molecule has 0 unspecified atom stereocenters. The van der Waals surface area contributed by atoms with Crippen LogP contribution in [-0.2, 0) is 10.0 Å². The maximum absolute atomic E-state index is 12.9. The van der Waals surface area contributed by atoms with Crippen LogP contribution in [0.3, 0.4) is 0 Å². The molecule has 1 saturated heterocycles. The predicted octanol–water partition coefficient (Wildman–Crippen LogP) is 4.32. The normalized spacial score (nSPS) is 14.3. The van der Waals surface area contributed by atoms with E-state index in [1.54, 1.807) is 18.2 Å². The van der Waals surface area contributed by atoms with Crippen LogP contribution in [0.2, 0.25) is 5.02 Å². The summed E-state index contributed by atoms with van der Waals surface area (Å²) in [7, 11) is -3.78. The molecular formula is C21H20ClN3O3S2. The smallest absolute Gasteiger partial charge is 0.282 e. The molecule has 30 heavy (non-hydrogen) atoms. The fourth-order valence-electron chi connectivity index (χ4n) is 3.45. The van der Waals surface area contributed by atoms with Crippen LogP contribution in [-0.4, -0.2) is 37.3 Å². The van der Waals surface area contributed by atoms with Gasteiger partial charge in [0.05, 0.1) is 15.5 Å². The number of nitrogens with two attached hydrogens (primary N) is 1. The van der Waals surface area contributed by atoms with Crippen molar-refractivity contribution in [3.63, 3.8) is 0 Å². The number of likely N-dealkylation sites (tertiary alicyclic amines) is 1. The molecule has 2 aromatic carbocycles. The molecule has 0 atom stereocenters. The van der Waals surface area contributed by atoms with Gasteiger partial charge >= 0.3 is 0 Å². The Morgan fingerprint density at radius 3 is 2.33 bits per heavy atom. The maximum atomic E-state index is 12.9. The van der Waals surface area contributed by atoms with E-state index < -0.39 is 10.0 Å². The van der Waals surface area contributed by atoms with Gasteiger partial charge in [-0.25, -0.2) is 18.5 Å². The summed E-state index contributed by atoms with van der Waals surface area (Å²) in [4.78, 5) is 20.3. The van der Waals surface area contributed by atoms with E-state index in [-0.39, 0.29) is 10.8 Å². The number of halogens is 1. The summed E-state index contributed by atoms with van der Waals surface area (Å²) >= 11 is 7.49. The number of primary sulfonamides is 1. The van der Waals surface area contributed by atoms with E-state index in [4.69, 9.17) is 16.7 Å². The molecule has 1 aliphatic rings. The van der Waals surface area contributed by atoms with Crippen molar-refractivity contribution in [2.24, 2.45) is 5.14 Å². The van der Waals surface area contributed by atoms with Crippen molar-refractivity contribution >= 4 is 38.9 Å². The summed E-state index contributed by atoms with van der Waals surface area (Å²) in [5.74, 6) is -0.0724. The van der Waals surface area contributed by atoms with Crippen LogP contribution in [0, 0.1) is 6.92 Å². The molecule has 156 valence electrons. The minimum atomic E-state index is -3.78. The number of rotatable bonds is 4. The van der Waals surface area contributed by atoms with Crippen molar-refractivity contribution in [1.29, 1.82) is 0 Å². The predicted molar refractivity (Wildman–Crippen MR) is 119 cm³/mol. The number of hydrogen-bond acceptors (Lipinski definition) is 5. The van der Waals surface area contributed by atoms with E-state index in [1.165, 1.54) is 23.5 Å².